The number of aliphatic carboxylic acids is 2. The highest BCUT2D eigenvalue weighted by atomic mass is 16.4. The number of carboxylic acids is 2. The Balaban J connectivity index is 2.50. The van der Waals surface area contributed by atoms with Crippen molar-refractivity contribution in [2.45, 2.75) is 31.3 Å². The second-order valence-electron chi connectivity index (χ2n) is 5.12. The van der Waals surface area contributed by atoms with Crippen molar-refractivity contribution in [1.29, 1.82) is 0 Å². The number of carbonyl (C=O) groups is 3. The molecule has 0 saturated carbocycles. The van der Waals surface area contributed by atoms with Gasteiger partial charge < -0.3 is 25.3 Å². The molecular weight excluding hydrogens is 266 g/mol. The minimum atomic E-state index is -1.22. The van der Waals surface area contributed by atoms with Crippen LogP contribution < -0.4 is 5.32 Å². The summed E-state index contributed by atoms with van der Waals surface area (Å²) >= 11 is 0. The van der Waals surface area contributed by atoms with Crippen LogP contribution in [0, 0.1) is 0 Å². The molecule has 0 aromatic carbocycles. The lowest BCUT2D eigenvalue weighted by Crippen LogP contribution is -2.48. The van der Waals surface area contributed by atoms with Gasteiger partial charge in [-0.3, -0.25) is 4.79 Å². The number of hydrogen-bond acceptors (Lipinski definition) is 4. The number of carboxylic acid groups (broad SMARTS) is 2. The average molecular weight is 287 g/mol. The Kier molecular flexibility index (Phi) is 5.75. The summed E-state index contributed by atoms with van der Waals surface area (Å²) in [5, 5.41) is 19.9. The average Bonchev–Trinajstić information content (AvgIpc) is 2.83. The zero-order valence-corrected chi connectivity index (χ0v) is 11.7. The van der Waals surface area contributed by atoms with Gasteiger partial charge in [0.1, 0.15) is 6.04 Å². The molecule has 1 rings (SSSR count). The molecule has 0 radical (unpaired) electrons. The standard InChI is InChI=1S/C12H21N3O5/c1-14(2)8-5-6-15(7-8)12(20)13-9(11(18)19)3-4-10(16)17/h8-9H,3-7H2,1-2H3,(H,13,20)(H,16,17)(H,18,19)/t8?,9-/m0/s1. The molecule has 1 fully saturated rings. The van der Waals surface area contributed by atoms with E-state index in [1.54, 1.807) is 4.90 Å². The summed E-state index contributed by atoms with van der Waals surface area (Å²) in [7, 11) is 3.86. The highest BCUT2D eigenvalue weighted by molar-refractivity contribution is 5.83. The van der Waals surface area contributed by atoms with Crippen molar-refractivity contribution in [3.8, 4) is 0 Å². The lowest BCUT2D eigenvalue weighted by molar-refractivity contribution is -0.140. The third-order valence-electron chi connectivity index (χ3n) is 3.42. The quantitative estimate of drug-likeness (QED) is 0.616. The number of amides is 2. The van der Waals surface area contributed by atoms with Gasteiger partial charge >= 0.3 is 18.0 Å². The van der Waals surface area contributed by atoms with Gasteiger partial charge in [0.2, 0.25) is 0 Å². The highest BCUT2D eigenvalue weighted by Crippen LogP contribution is 2.13. The second-order valence-corrected chi connectivity index (χ2v) is 5.12. The van der Waals surface area contributed by atoms with E-state index < -0.39 is 24.0 Å². The predicted molar refractivity (Wildman–Crippen MR) is 70.5 cm³/mol. The Morgan fingerprint density at radius 2 is 2.00 bits per heavy atom. The molecule has 1 saturated heterocycles. The molecule has 1 heterocycles. The van der Waals surface area contributed by atoms with Crippen LogP contribution in [0.3, 0.4) is 0 Å². The van der Waals surface area contributed by atoms with Gasteiger partial charge in [-0.15, -0.1) is 0 Å². The number of urea groups is 1. The maximum absolute atomic E-state index is 12.0. The van der Waals surface area contributed by atoms with Gasteiger partial charge in [-0.25, -0.2) is 9.59 Å². The molecule has 8 nitrogen and oxygen atoms in total. The Labute approximate surface area is 117 Å². The van der Waals surface area contributed by atoms with Gasteiger partial charge in [-0.2, -0.15) is 0 Å². The Bertz CT molecular complexity index is 385. The zero-order chi connectivity index (χ0) is 15.3. The molecule has 2 amide bonds. The molecule has 0 bridgehead atoms. The van der Waals surface area contributed by atoms with E-state index in [1.165, 1.54) is 0 Å². The van der Waals surface area contributed by atoms with Crippen LogP contribution in [-0.2, 0) is 9.59 Å². The molecule has 1 aliphatic heterocycles. The van der Waals surface area contributed by atoms with E-state index in [0.29, 0.717) is 13.1 Å². The topological polar surface area (TPSA) is 110 Å². The van der Waals surface area contributed by atoms with E-state index in [-0.39, 0.29) is 18.9 Å². The van der Waals surface area contributed by atoms with E-state index in [2.05, 4.69) is 5.32 Å². The summed E-state index contributed by atoms with van der Waals surface area (Å²) in [6, 6.07) is -1.35. The monoisotopic (exact) mass is 287 g/mol. The van der Waals surface area contributed by atoms with Crippen LogP contribution in [0.2, 0.25) is 0 Å². The van der Waals surface area contributed by atoms with E-state index in [1.807, 2.05) is 19.0 Å². The minimum absolute atomic E-state index is 0.124. The molecule has 8 heteroatoms. The molecule has 2 atom stereocenters. The number of nitrogens with zero attached hydrogens (tertiary/aromatic N) is 2. The van der Waals surface area contributed by atoms with E-state index in [0.717, 1.165) is 6.42 Å². The van der Waals surface area contributed by atoms with Gasteiger partial charge in [0.05, 0.1) is 0 Å². The van der Waals surface area contributed by atoms with Crippen LogP contribution in [0.1, 0.15) is 19.3 Å². The van der Waals surface area contributed by atoms with E-state index in [4.69, 9.17) is 10.2 Å². The Morgan fingerprint density at radius 3 is 2.45 bits per heavy atom. The normalized spacial score (nSPS) is 19.9. The molecule has 20 heavy (non-hydrogen) atoms. The number of carbonyl (C=O) groups excluding carboxylic acids is 1. The first-order valence-electron chi connectivity index (χ1n) is 6.47. The SMILES string of the molecule is CN(C)C1CCN(C(=O)N[C@@H](CCC(=O)O)C(=O)O)C1. The van der Waals surface area contributed by atoms with Crippen molar-refractivity contribution in [2.75, 3.05) is 27.2 Å². The molecule has 0 spiro atoms. The fourth-order valence-electron chi connectivity index (χ4n) is 2.11. The first kappa shape index (κ1) is 16.2. The Morgan fingerprint density at radius 1 is 1.35 bits per heavy atom. The number of nitrogens with one attached hydrogen (secondary N) is 1. The van der Waals surface area contributed by atoms with Gasteiger partial charge in [0.15, 0.2) is 0 Å². The molecule has 0 aromatic heterocycles. The Hall–Kier alpha value is -1.83. The fourth-order valence-corrected chi connectivity index (χ4v) is 2.11. The van der Waals surface area contributed by atoms with Crippen molar-refractivity contribution >= 4 is 18.0 Å². The number of likely N-dealkylation sites (N-methyl/N-ethyl adjacent to an activating group) is 1. The molecule has 1 unspecified atom stereocenters. The van der Waals surface area contributed by atoms with Crippen LogP contribution in [0.15, 0.2) is 0 Å². The van der Waals surface area contributed by atoms with Crippen LogP contribution in [-0.4, -0.2) is 77.3 Å². The molecular formula is C12H21N3O5. The maximum atomic E-state index is 12.0. The maximum Gasteiger partial charge on any atom is 0.326 e. The fraction of sp³-hybridized carbons (Fsp3) is 0.750. The van der Waals surface area contributed by atoms with E-state index in [9.17, 15) is 14.4 Å². The van der Waals surface area contributed by atoms with Gasteiger partial charge in [0, 0.05) is 25.6 Å². The summed E-state index contributed by atoms with van der Waals surface area (Å²) in [4.78, 5) is 37.0. The largest absolute Gasteiger partial charge is 0.481 e. The van der Waals surface area contributed by atoms with Crippen LogP contribution in [0.5, 0.6) is 0 Å². The van der Waals surface area contributed by atoms with E-state index >= 15 is 0 Å². The third kappa shape index (κ3) is 4.69. The minimum Gasteiger partial charge on any atom is -0.481 e. The van der Waals surface area contributed by atoms with Crippen molar-refractivity contribution < 1.29 is 24.6 Å². The number of rotatable bonds is 6. The highest BCUT2D eigenvalue weighted by Gasteiger charge is 2.30. The number of hydrogen-bond donors (Lipinski definition) is 3. The van der Waals surface area contributed by atoms with Crippen molar-refractivity contribution in [1.82, 2.24) is 15.1 Å². The van der Waals surface area contributed by atoms with Crippen molar-refractivity contribution in [3.63, 3.8) is 0 Å². The smallest absolute Gasteiger partial charge is 0.326 e. The zero-order valence-electron chi connectivity index (χ0n) is 11.7. The van der Waals surface area contributed by atoms with Crippen LogP contribution in [0.25, 0.3) is 0 Å². The molecule has 0 aromatic rings. The second kappa shape index (κ2) is 7.09. The summed E-state index contributed by atoms with van der Waals surface area (Å²) in [5.41, 5.74) is 0. The summed E-state index contributed by atoms with van der Waals surface area (Å²) in [6.45, 7) is 1.12. The molecule has 114 valence electrons. The first-order valence-corrected chi connectivity index (χ1v) is 6.47. The molecule has 3 N–H and O–H groups in total. The van der Waals surface area contributed by atoms with Gasteiger partial charge in [-0.1, -0.05) is 0 Å². The first-order chi connectivity index (χ1) is 9.31. The molecule has 0 aliphatic carbocycles. The third-order valence-corrected chi connectivity index (χ3v) is 3.42. The van der Waals surface area contributed by atoms with Crippen molar-refractivity contribution in [2.24, 2.45) is 0 Å². The summed E-state index contributed by atoms with van der Waals surface area (Å²) < 4.78 is 0. The lowest BCUT2D eigenvalue weighted by Gasteiger charge is -2.22. The van der Waals surface area contributed by atoms with Crippen molar-refractivity contribution in [3.05, 3.63) is 0 Å². The summed E-state index contributed by atoms with van der Waals surface area (Å²) in [5.74, 6) is -2.30. The van der Waals surface area contributed by atoms with Gasteiger partial charge in [-0.05, 0) is 26.9 Å². The number of likely N-dealkylation sites (tertiary alicyclic amines) is 1. The van der Waals surface area contributed by atoms with Gasteiger partial charge in [0.25, 0.3) is 0 Å². The van der Waals surface area contributed by atoms with Crippen LogP contribution in [0.4, 0.5) is 4.79 Å². The lowest BCUT2D eigenvalue weighted by atomic mass is 10.1. The van der Waals surface area contributed by atoms with Crippen LogP contribution >= 0.6 is 0 Å². The molecule has 1 aliphatic rings. The predicted octanol–water partition coefficient (Wildman–Crippen LogP) is -0.350. The summed E-state index contributed by atoms with van der Waals surface area (Å²) in [6.07, 6.45) is 0.423.